The van der Waals surface area contributed by atoms with E-state index in [1.807, 2.05) is 6.07 Å². The minimum absolute atomic E-state index is 0.309. The zero-order valence-electron chi connectivity index (χ0n) is 12.7. The summed E-state index contributed by atoms with van der Waals surface area (Å²) in [5.41, 5.74) is 1.67. The third kappa shape index (κ3) is 2.30. The van der Waals surface area contributed by atoms with Gasteiger partial charge in [0.05, 0.1) is 11.2 Å². The topological polar surface area (TPSA) is 18.5 Å². The molecule has 2 nitrogen and oxygen atoms in total. The fourth-order valence-electron chi connectivity index (χ4n) is 2.72. The van der Waals surface area contributed by atoms with Crippen LogP contribution in [0.15, 0.2) is 18.2 Å². The summed E-state index contributed by atoms with van der Waals surface area (Å²) >= 11 is 6.45. The van der Waals surface area contributed by atoms with Crippen molar-refractivity contribution in [1.82, 2.24) is 0 Å². The second-order valence-corrected chi connectivity index (χ2v) is 7.40. The molecule has 0 unspecified atom stereocenters. The Labute approximate surface area is 126 Å². The molecule has 0 N–H and O–H groups in total. The Morgan fingerprint density at radius 3 is 2.15 bits per heavy atom. The van der Waals surface area contributed by atoms with Gasteiger partial charge in [-0.15, -0.1) is 0 Å². The van der Waals surface area contributed by atoms with E-state index < -0.39 is 0 Å². The third-order valence-electron chi connectivity index (χ3n) is 5.09. The monoisotopic (exact) mass is 292 g/mol. The van der Waals surface area contributed by atoms with E-state index >= 15 is 0 Å². The van der Waals surface area contributed by atoms with E-state index in [1.165, 1.54) is 24.8 Å². The zero-order chi connectivity index (χ0) is 14.5. The summed E-state index contributed by atoms with van der Waals surface area (Å²) in [5.74, 6) is 0.648. The largest absolute Gasteiger partial charge is 0.494 e. The molecule has 108 valence electrons. The van der Waals surface area contributed by atoms with Gasteiger partial charge in [-0.2, -0.15) is 0 Å². The van der Waals surface area contributed by atoms with Crippen molar-refractivity contribution in [3.8, 4) is 0 Å². The van der Waals surface area contributed by atoms with Crippen LogP contribution in [-0.4, -0.2) is 18.3 Å². The Morgan fingerprint density at radius 1 is 1.10 bits per heavy atom. The van der Waals surface area contributed by atoms with E-state index in [2.05, 4.69) is 39.8 Å². The lowest BCUT2D eigenvalue weighted by Gasteiger charge is -2.32. The van der Waals surface area contributed by atoms with Crippen molar-refractivity contribution in [3.05, 3.63) is 28.8 Å². The molecule has 0 spiro atoms. The maximum absolute atomic E-state index is 6.45. The highest BCUT2D eigenvalue weighted by molar-refractivity contribution is 6.62. The molecule has 0 bridgehead atoms. The van der Waals surface area contributed by atoms with E-state index in [0.29, 0.717) is 5.92 Å². The molecule has 1 aromatic carbocycles. The first-order chi connectivity index (χ1) is 9.30. The minimum atomic E-state index is -0.326. The highest BCUT2D eigenvalue weighted by Gasteiger charge is 2.51. The summed E-state index contributed by atoms with van der Waals surface area (Å²) in [6.07, 6.45) is 3.84. The van der Waals surface area contributed by atoms with Crippen molar-refractivity contribution < 1.29 is 9.31 Å². The lowest BCUT2D eigenvalue weighted by atomic mass is 9.75. The predicted octanol–water partition coefficient (Wildman–Crippen LogP) is 3.91. The maximum Gasteiger partial charge on any atom is 0.494 e. The predicted molar refractivity (Wildman–Crippen MR) is 83.8 cm³/mol. The summed E-state index contributed by atoms with van der Waals surface area (Å²) in [5, 5.41) is 0.849. The van der Waals surface area contributed by atoms with Gasteiger partial charge in [-0.05, 0) is 63.5 Å². The van der Waals surface area contributed by atoms with Gasteiger partial charge in [0.25, 0.3) is 0 Å². The fraction of sp³-hybridized carbons (Fsp3) is 0.625. The van der Waals surface area contributed by atoms with Crippen molar-refractivity contribution >= 4 is 24.2 Å². The molecule has 2 fully saturated rings. The number of hydrogen-bond acceptors (Lipinski definition) is 2. The third-order valence-corrected chi connectivity index (χ3v) is 5.42. The molecule has 2 aliphatic rings. The van der Waals surface area contributed by atoms with Crippen LogP contribution in [0.1, 0.15) is 58.4 Å². The molecule has 0 atom stereocenters. The van der Waals surface area contributed by atoms with E-state index in [1.54, 1.807) is 0 Å². The van der Waals surface area contributed by atoms with Crippen LogP contribution in [0, 0.1) is 0 Å². The van der Waals surface area contributed by atoms with Gasteiger partial charge >= 0.3 is 7.12 Å². The molecule has 1 aliphatic carbocycles. The van der Waals surface area contributed by atoms with Gasteiger partial charge in [-0.25, -0.2) is 0 Å². The Bertz CT molecular complexity index is 507. The second kappa shape index (κ2) is 4.76. The van der Waals surface area contributed by atoms with E-state index in [0.717, 1.165) is 10.5 Å². The van der Waals surface area contributed by atoms with Crippen LogP contribution in [-0.2, 0) is 9.31 Å². The highest BCUT2D eigenvalue weighted by atomic mass is 35.5. The normalized spacial score (nSPS) is 24.8. The van der Waals surface area contributed by atoms with Gasteiger partial charge in [-0.3, -0.25) is 0 Å². The highest BCUT2D eigenvalue weighted by Crippen LogP contribution is 2.40. The van der Waals surface area contributed by atoms with Gasteiger partial charge in [0.1, 0.15) is 0 Å². The Kier molecular flexibility index (Phi) is 3.43. The lowest BCUT2D eigenvalue weighted by molar-refractivity contribution is 0.00578. The number of hydrogen-bond donors (Lipinski definition) is 0. The van der Waals surface area contributed by atoms with Crippen LogP contribution >= 0.6 is 11.6 Å². The van der Waals surface area contributed by atoms with Crippen LogP contribution in [0.5, 0.6) is 0 Å². The maximum atomic E-state index is 6.45. The molecule has 3 rings (SSSR count). The van der Waals surface area contributed by atoms with E-state index in [4.69, 9.17) is 20.9 Å². The van der Waals surface area contributed by atoms with E-state index in [9.17, 15) is 0 Å². The quantitative estimate of drug-likeness (QED) is 0.770. The average Bonchev–Trinajstić information content (AvgIpc) is 2.48. The van der Waals surface area contributed by atoms with Crippen LogP contribution < -0.4 is 5.46 Å². The Hall–Kier alpha value is -0.505. The number of benzene rings is 1. The first kappa shape index (κ1) is 14.4. The van der Waals surface area contributed by atoms with Gasteiger partial charge in [0.2, 0.25) is 0 Å². The molecule has 0 radical (unpaired) electrons. The second-order valence-electron chi connectivity index (χ2n) is 7.00. The molecule has 20 heavy (non-hydrogen) atoms. The number of rotatable bonds is 2. The van der Waals surface area contributed by atoms with Crippen LogP contribution in [0.4, 0.5) is 0 Å². The van der Waals surface area contributed by atoms with E-state index in [-0.39, 0.29) is 18.3 Å². The lowest BCUT2D eigenvalue weighted by Crippen LogP contribution is -2.41. The molecule has 1 saturated heterocycles. The van der Waals surface area contributed by atoms with Gasteiger partial charge in [-0.1, -0.05) is 30.2 Å². The first-order valence-corrected chi connectivity index (χ1v) is 7.83. The fourth-order valence-corrected chi connectivity index (χ4v) is 3.06. The molecule has 0 aromatic heterocycles. The molecular weight excluding hydrogens is 270 g/mol. The molecule has 4 heteroatoms. The van der Waals surface area contributed by atoms with Gasteiger partial charge < -0.3 is 9.31 Å². The van der Waals surface area contributed by atoms with Crippen molar-refractivity contribution in [2.24, 2.45) is 0 Å². The van der Waals surface area contributed by atoms with Crippen LogP contribution in [0.3, 0.4) is 0 Å². The SMILES string of the molecule is CC1(C)OB(c2ccc(C3CCC3)c(Cl)c2)OC1(C)C. The summed E-state index contributed by atoms with van der Waals surface area (Å²) < 4.78 is 12.1. The first-order valence-electron chi connectivity index (χ1n) is 7.45. The average molecular weight is 293 g/mol. The summed E-state index contributed by atoms with van der Waals surface area (Å²) in [7, 11) is -0.326. The van der Waals surface area contributed by atoms with Crippen LogP contribution in [0.25, 0.3) is 0 Å². The smallest absolute Gasteiger partial charge is 0.399 e. The summed E-state index contributed by atoms with van der Waals surface area (Å²) in [6.45, 7) is 8.27. The standard InChI is InChI=1S/C16H22BClO2/c1-15(2)16(3,4)20-17(19-15)12-8-9-13(14(18)10-12)11-6-5-7-11/h8-11H,5-7H2,1-4H3. The molecular formula is C16H22BClO2. The molecule has 1 aliphatic heterocycles. The Balaban J connectivity index is 1.83. The van der Waals surface area contributed by atoms with Crippen LogP contribution in [0.2, 0.25) is 5.02 Å². The van der Waals surface area contributed by atoms with Crippen molar-refractivity contribution in [2.45, 2.75) is 64.1 Å². The van der Waals surface area contributed by atoms with Crippen molar-refractivity contribution in [1.29, 1.82) is 0 Å². The Morgan fingerprint density at radius 2 is 1.70 bits per heavy atom. The summed E-state index contributed by atoms with van der Waals surface area (Å²) in [4.78, 5) is 0. The molecule has 0 amide bonds. The van der Waals surface area contributed by atoms with Gasteiger partial charge in [0, 0.05) is 5.02 Å². The number of halogens is 1. The summed E-state index contributed by atoms with van der Waals surface area (Å²) in [6, 6.07) is 6.26. The minimum Gasteiger partial charge on any atom is -0.399 e. The molecule has 1 heterocycles. The van der Waals surface area contributed by atoms with Gasteiger partial charge in [0.15, 0.2) is 0 Å². The molecule has 1 saturated carbocycles. The molecule has 1 aromatic rings. The van der Waals surface area contributed by atoms with Crippen molar-refractivity contribution in [3.63, 3.8) is 0 Å². The zero-order valence-corrected chi connectivity index (χ0v) is 13.5. The van der Waals surface area contributed by atoms with Crippen molar-refractivity contribution in [2.75, 3.05) is 0 Å².